The summed E-state index contributed by atoms with van der Waals surface area (Å²) in [5.74, 6) is -4.71. The highest BCUT2D eigenvalue weighted by molar-refractivity contribution is 5.94. The number of nitrogens with one attached hydrogen (secondary N) is 3. The van der Waals surface area contributed by atoms with Crippen LogP contribution < -0.4 is 44.6 Å². The van der Waals surface area contributed by atoms with Crippen molar-refractivity contribution in [2.75, 3.05) is 13.1 Å². The number of nitrogens with two attached hydrogens (primary N) is 5. The first-order valence-electron chi connectivity index (χ1n) is 11.9. The van der Waals surface area contributed by atoms with Crippen LogP contribution >= 0.6 is 0 Å². The average molecular weight is 532 g/mol. The lowest BCUT2D eigenvalue weighted by molar-refractivity contribution is -0.142. The predicted molar refractivity (Wildman–Crippen MR) is 134 cm³/mol. The predicted octanol–water partition coefficient (Wildman–Crippen LogP) is -4.32. The van der Waals surface area contributed by atoms with E-state index in [1.165, 1.54) is 6.92 Å². The quantitative estimate of drug-likeness (QED) is 0.0431. The fourth-order valence-electron chi connectivity index (χ4n) is 3.16. The highest BCUT2D eigenvalue weighted by Crippen LogP contribution is 2.06. The van der Waals surface area contributed by atoms with E-state index < -0.39 is 59.9 Å². The van der Waals surface area contributed by atoms with Gasteiger partial charge in [-0.05, 0) is 52.0 Å². The number of unbranched alkanes of at least 4 members (excludes halogenated alkanes) is 1. The van der Waals surface area contributed by atoms with Crippen LogP contribution in [0, 0.1) is 0 Å². The van der Waals surface area contributed by atoms with E-state index in [-0.39, 0.29) is 38.2 Å². The van der Waals surface area contributed by atoms with Crippen molar-refractivity contribution >= 4 is 35.6 Å². The Balaban J connectivity index is 5.37. The zero-order valence-corrected chi connectivity index (χ0v) is 21.0. The summed E-state index contributed by atoms with van der Waals surface area (Å²) in [6, 6.07) is -5.17. The minimum atomic E-state index is -1.50. The minimum Gasteiger partial charge on any atom is -0.480 e. The molecule has 212 valence electrons. The van der Waals surface area contributed by atoms with Crippen LogP contribution in [0.15, 0.2) is 4.99 Å². The molecule has 15 N–H and O–H groups in total. The molecule has 0 aromatic carbocycles. The number of aliphatic imine (C=N–C) groups is 1. The molecule has 37 heavy (non-hydrogen) atoms. The van der Waals surface area contributed by atoms with Gasteiger partial charge in [-0.1, -0.05) is 0 Å². The standard InChI is InChI=1S/C21H41N9O7/c1-11(31)16(30-17(33)12(23)5-4-10-27-21(25)26)19(35)28-13(7-8-15(24)32)18(34)29-14(20(36)37)6-2-3-9-22/h11-14,16,31H,2-10,22-23H2,1H3,(H2,24,32)(H,28,35)(H,29,34)(H,30,33)(H,36,37)(H4,25,26,27). The number of amides is 4. The summed E-state index contributed by atoms with van der Waals surface area (Å²) in [6.45, 7) is 1.83. The number of nitrogens with zero attached hydrogens (tertiary/aromatic N) is 1. The lowest BCUT2D eigenvalue weighted by Gasteiger charge is -2.26. The highest BCUT2D eigenvalue weighted by Gasteiger charge is 2.32. The molecule has 0 aliphatic rings. The van der Waals surface area contributed by atoms with Crippen molar-refractivity contribution in [3.63, 3.8) is 0 Å². The van der Waals surface area contributed by atoms with Gasteiger partial charge in [0.15, 0.2) is 5.96 Å². The maximum atomic E-state index is 12.9. The van der Waals surface area contributed by atoms with Crippen molar-refractivity contribution in [1.82, 2.24) is 16.0 Å². The van der Waals surface area contributed by atoms with E-state index in [0.717, 1.165) is 0 Å². The number of carbonyl (C=O) groups excluding carboxylic acids is 4. The zero-order valence-electron chi connectivity index (χ0n) is 21.0. The molecule has 0 aromatic rings. The summed E-state index contributed by atoms with van der Waals surface area (Å²) >= 11 is 0. The van der Waals surface area contributed by atoms with Crippen LogP contribution in [0.2, 0.25) is 0 Å². The van der Waals surface area contributed by atoms with Gasteiger partial charge >= 0.3 is 5.97 Å². The van der Waals surface area contributed by atoms with Gasteiger partial charge in [-0.25, -0.2) is 4.79 Å². The van der Waals surface area contributed by atoms with Gasteiger partial charge in [0.2, 0.25) is 23.6 Å². The maximum Gasteiger partial charge on any atom is 0.326 e. The van der Waals surface area contributed by atoms with Crippen molar-refractivity contribution in [3.8, 4) is 0 Å². The molecule has 0 bridgehead atoms. The van der Waals surface area contributed by atoms with Gasteiger partial charge in [-0.2, -0.15) is 0 Å². The summed E-state index contributed by atoms with van der Waals surface area (Å²) in [6.07, 6.45) is -0.280. The first-order chi connectivity index (χ1) is 17.3. The van der Waals surface area contributed by atoms with Crippen LogP contribution in [0.4, 0.5) is 0 Å². The first kappa shape index (κ1) is 33.5. The minimum absolute atomic E-state index is 0.0994. The number of carboxylic acids is 1. The van der Waals surface area contributed by atoms with Crippen LogP contribution in [0.25, 0.3) is 0 Å². The van der Waals surface area contributed by atoms with Crippen LogP contribution in [0.1, 0.15) is 51.9 Å². The number of aliphatic carboxylic acids is 1. The molecule has 4 amide bonds. The number of rotatable bonds is 19. The van der Waals surface area contributed by atoms with Crippen LogP contribution in [-0.2, 0) is 24.0 Å². The second-order valence-electron chi connectivity index (χ2n) is 8.53. The molecule has 0 saturated carbocycles. The second-order valence-corrected chi connectivity index (χ2v) is 8.53. The number of carboxylic acid groups (broad SMARTS) is 1. The number of aliphatic hydroxyl groups excluding tert-OH is 1. The third kappa shape index (κ3) is 14.6. The number of primary amides is 1. The number of hydrogen-bond acceptors (Lipinski definition) is 9. The third-order valence-corrected chi connectivity index (χ3v) is 5.24. The molecule has 0 aliphatic heterocycles. The summed E-state index contributed by atoms with van der Waals surface area (Å²) in [7, 11) is 0. The summed E-state index contributed by atoms with van der Waals surface area (Å²) < 4.78 is 0. The monoisotopic (exact) mass is 531 g/mol. The molecule has 0 aromatic heterocycles. The fourth-order valence-corrected chi connectivity index (χ4v) is 3.16. The van der Waals surface area contributed by atoms with E-state index in [4.69, 9.17) is 28.7 Å². The summed E-state index contributed by atoms with van der Waals surface area (Å²) in [5.41, 5.74) is 26.8. The van der Waals surface area contributed by atoms with Gasteiger partial charge in [-0.15, -0.1) is 0 Å². The molecular formula is C21H41N9O7. The molecule has 5 atom stereocenters. The lowest BCUT2D eigenvalue weighted by Crippen LogP contribution is -2.59. The first-order valence-corrected chi connectivity index (χ1v) is 11.9. The largest absolute Gasteiger partial charge is 0.480 e. The molecule has 0 aliphatic carbocycles. The van der Waals surface area contributed by atoms with E-state index in [0.29, 0.717) is 25.8 Å². The SMILES string of the molecule is CC(O)C(NC(=O)C(N)CCCN=C(N)N)C(=O)NC(CCC(N)=O)C(=O)NC(CCCCN)C(=O)O. The average Bonchev–Trinajstić information content (AvgIpc) is 2.80. The Labute approximate surface area is 215 Å². The molecule has 0 heterocycles. The van der Waals surface area contributed by atoms with Crippen molar-refractivity contribution < 1.29 is 34.2 Å². The van der Waals surface area contributed by atoms with Crippen molar-refractivity contribution in [3.05, 3.63) is 0 Å². The van der Waals surface area contributed by atoms with Crippen molar-refractivity contribution in [2.45, 2.75) is 82.1 Å². The van der Waals surface area contributed by atoms with Crippen molar-refractivity contribution in [1.29, 1.82) is 0 Å². The molecule has 0 rings (SSSR count). The molecule has 16 heteroatoms. The topological polar surface area (TPSA) is 304 Å². The Morgan fingerprint density at radius 3 is 1.97 bits per heavy atom. The second kappa shape index (κ2) is 17.9. The van der Waals surface area contributed by atoms with Crippen molar-refractivity contribution in [2.24, 2.45) is 33.7 Å². The fraction of sp³-hybridized carbons (Fsp3) is 0.714. The Hall–Kier alpha value is -3.50. The number of hydrogen-bond donors (Lipinski definition) is 10. The van der Waals surface area contributed by atoms with Crippen LogP contribution in [-0.4, -0.2) is 89.1 Å². The maximum absolute atomic E-state index is 12.9. The summed E-state index contributed by atoms with van der Waals surface area (Å²) in [4.78, 5) is 64.7. The Morgan fingerprint density at radius 1 is 0.838 bits per heavy atom. The molecule has 0 saturated heterocycles. The van der Waals surface area contributed by atoms with E-state index >= 15 is 0 Å². The van der Waals surface area contributed by atoms with Gasteiger partial charge in [-0.3, -0.25) is 24.2 Å². The highest BCUT2D eigenvalue weighted by atomic mass is 16.4. The summed E-state index contributed by atoms with van der Waals surface area (Å²) in [5, 5.41) is 26.5. The van der Waals surface area contributed by atoms with Crippen LogP contribution in [0.5, 0.6) is 0 Å². The van der Waals surface area contributed by atoms with Gasteiger partial charge < -0.3 is 54.8 Å². The molecular weight excluding hydrogens is 490 g/mol. The Morgan fingerprint density at radius 2 is 1.46 bits per heavy atom. The lowest BCUT2D eigenvalue weighted by atomic mass is 10.0. The van der Waals surface area contributed by atoms with Gasteiger partial charge in [0.1, 0.15) is 18.1 Å². The van der Waals surface area contributed by atoms with Crippen LogP contribution in [0.3, 0.4) is 0 Å². The zero-order chi connectivity index (χ0) is 28.5. The number of guanidine groups is 1. The molecule has 0 spiro atoms. The van der Waals surface area contributed by atoms with Gasteiger partial charge in [0.05, 0.1) is 12.1 Å². The molecule has 16 nitrogen and oxygen atoms in total. The van der Waals surface area contributed by atoms with Gasteiger partial charge in [0, 0.05) is 13.0 Å². The van der Waals surface area contributed by atoms with E-state index in [1.54, 1.807) is 0 Å². The Bertz CT molecular complexity index is 803. The van der Waals surface area contributed by atoms with E-state index in [1.807, 2.05) is 0 Å². The normalized spacial score (nSPS) is 14.8. The number of carbonyl (C=O) groups is 5. The Kier molecular flexibility index (Phi) is 16.2. The van der Waals surface area contributed by atoms with Gasteiger partial charge in [0.25, 0.3) is 0 Å². The molecule has 0 fully saturated rings. The molecule has 5 unspecified atom stereocenters. The smallest absolute Gasteiger partial charge is 0.326 e. The van der Waals surface area contributed by atoms with E-state index in [2.05, 4.69) is 20.9 Å². The number of aliphatic hydroxyl groups is 1. The molecule has 0 radical (unpaired) electrons. The van der Waals surface area contributed by atoms with E-state index in [9.17, 15) is 34.2 Å². The third-order valence-electron chi connectivity index (χ3n) is 5.24.